The minimum atomic E-state index is -4.46. The highest BCUT2D eigenvalue weighted by Gasteiger charge is 2.29. The summed E-state index contributed by atoms with van der Waals surface area (Å²) in [5.74, 6) is -2.97. The van der Waals surface area contributed by atoms with Crippen molar-refractivity contribution in [1.82, 2.24) is 21.3 Å². The first-order valence-electron chi connectivity index (χ1n) is 7.62. The number of hydrogen-bond donors (Lipinski definition) is 6. The summed E-state index contributed by atoms with van der Waals surface area (Å²) in [6, 6.07) is -1.79. The Bertz CT molecular complexity index is 495. The monoisotopic (exact) mass is 366 g/mol. The Hall–Kier alpha value is -1.48. The molecular weight excluding hydrogens is 339 g/mol. The topological polar surface area (TPSA) is 157 Å². The van der Waals surface area contributed by atoms with Gasteiger partial charge in [-0.3, -0.25) is 18.9 Å². The van der Waals surface area contributed by atoms with Crippen LogP contribution in [0.4, 0.5) is 0 Å². The molecule has 0 saturated carbocycles. The Balaban J connectivity index is 4.76. The summed E-state index contributed by atoms with van der Waals surface area (Å²) in [6.45, 7) is 4.51. The van der Waals surface area contributed by atoms with Gasteiger partial charge >= 0.3 is 7.60 Å². The van der Waals surface area contributed by atoms with Crippen LogP contribution in [0.5, 0.6) is 0 Å². The fraction of sp³-hybridized carbons (Fsp3) is 0.769. The normalized spacial score (nSPS) is 15.1. The summed E-state index contributed by atoms with van der Waals surface area (Å²) >= 11 is 0. The summed E-state index contributed by atoms with van der Waals surface area (Å²) in [6.07, 6.45) is 0.867. The number of amides is 3. The van der Waals surface area contributed by atoms with E-state index in [1.165, 1.54) is 13.8 Å². The third-order valence-electron chi connectivity index (χ3n) is 3.17. The van der Waals surface area contributed by atoms with Crippen LogP contribution in [0.3, 0.4) is 0 Å². The van der Waals surface area contributed by atoms with Crippen LogP contribution < -0.4 is 21.3 Å². The van der Waals surface area contributed by atoms with Gasteiger partial charge in [0.05, 0.1) is 6.54 Å². The van der Waals surface area contributed by atoms with Crippen LogP contribution in [0, 0.1) is 0 Å². The molecule has 0 aliphatic carbocycles. The molecule has 0 saturated heterocycles. The number of carbonyl (C=O) groups excluding carboxylic acids is 3. The van der Waals surface area contributed by atoms with Crippen molar-refractivity contribution in [2.75, 3.05) is 13.6 Å². The second kappa shape index (κ2) is 10.4. The molecule has 0 rings (SSSR count). The van der Waals surface area contributed by atoms with E-state index in [2.05, 4.69) is 21.3 Å². The predicted molar refractivity (Wildman–Crippen MR) is 88.0 cm³/mol. The van der Waals surface area contributed by atoms with Gasteiger partial charge in [-0.25, -0.2) is 0 Å². The highest BCUT2D eigenvalue weighted by molar-refractivity contribution is 7.52. The number of carbonyl (C=O) groups is 3. The van der Waals surface area contributed by atoms with Gasteiger partial charge in [-0.1, -0.05) is 13.3 Å². The van der Waals surface area contributed by atoms with Crippen molar-refractivity contribution >= 4 is 25.3 Å². The zero-order chi connectivity index (χ0) is 18.9. The standard InChI is InChI=1S/C13H27N4O6P/c1-5-6-10(13(20)16-9(3)24(21,22)23)17-12(19)8(2)15-11(18)7-14-4/h8-10,14H,5-7H2,1-4H3,(H,15,18)(H,16,20)(H,17,19)(H2,21,22,23)/t8-,9+,10-/m0/s1. The second-order valence-corrected chi connectivity index (χ2v) is 7.40. The zero-order valence-electron chi connectivity index (χ0n) is 14.3. The number of hydrogen-bond acceptors (Lipinski definition) is 5. The fourth-order valence-electron chi connectivity index (χ4n) is 1.76. The van der Waals surface area contributed by atoms with Gasteiger partial charge in [0.25, 0.3) is 0 Å². The molecule has 3 amide bonds. The van der Waals surface area contributed by atoms with E-state index in [1.54, 1.807) is 14.0 Å². The molecular formula is C13H27N4O6P. The number of nitrogens with one attached hydrogen (secondary N) is 4. The van der Waals surface area contributed by atoms with Crippen molar-refractivity contribution in [3.8, 4) is 0 Å². The Labute approximate surface area is 141 Å². The van der Waals surface area contributed by atoms with Crippen LogP contribution in [-0.2, 0) is 18.9 Å². The average Bonchev–Trinajstić information content (AvgIpc) is 2.45. The molecule has 0 fully saturated rings. The molecule has 0 aliphatic rings. The molecule has 11 heteroatoms. The largest absolute Gasteiger partial charge is 0.347 e. The first-order chi connectivity index (χ1) is 11.0. The van der Waals surface area contributed by atoms with E-state index < -0.39 is 37.3 Å². The van der Waals surface area contributed by atoms with Gasteiger partial charge in [0.15, 0.2) is 0 Å². The highest BCUT2D eigenvalue weighted by Crippen LogP contribution is 2.39. The number of rotatable bonds is 10. The lowest BCUT2D eigenvalue weighted by Gasteiger charge is -2.23. The van der Waals surface area contributed by atoms with E-state index in [-0.39, 0.29) is 12.5 Å². The van der Waals surface area contributed by atoms with E-state index in [0.717, 1.165) is 0 Å². The van der Waals surface area contributed by atoms with E-state index >= 15 is 0 Å². The quantitative estimate of drug-likeness (QED) is 0.261. The molecule has 0 spiro atoms. The first kappa shape index (κ1) is 22.5. The Morgan fingerprint density at radius 2 is 1.62 bits per heavy atom. The Kier molecular flexibility index (Phi) is 9.76. The minimum Gasteiger partial charge on any atom is -0.343 e. The van der Waals surface area contributed by atoms with Gasteiger partial charge in [0.1, 0.15) is 17.9 Å². The SMILES string of the molecule is CCC[C@H](NC(=O)[C@H](C)NC(=O)CNC)C(=O)N[C@@H](C)P(=O)(O)O. The van der Waals surface area contributed by atoms with Crippen molar-refractivity contribution < 1.29 is 28.7 Å². The molecule has 140 valence electrons. The second-order valence-electron chi connectivity index (χ2n) is 5.44. The lowest BCUT2D eigenvalue weighted by Crippen LogP contribution is -2.54. The fourth-order valence-corrected chi connectivity index (χ4v) is 2.06. The molecule has 0 heterocycles. The van der Waals surface area contributed by atoms with Crippen LogP contribution in [0.15, 0.2) is 0 Å². The van der Waals surface area contributed by atoms with Crippen molar-refractivity contribution in [3.05, 3.63) is 0 Å². The van der Waals surface area contributed by atoms with Crippen molar-refractivity contribution in [3.63, 3.8) is 0 Å². The molecule has 0 aromatic carbocycles. The molecule has 10 nitrogen and oxygen atoms in total. The van der Waals surface area contributed by atoms with Crippen LogP contribution in [-0.4, -0.2) is 59.0 Å². The summed E-state index contributed by atoms with van der Waals surface area (Å²) in [5, 5.41) is 9.79. The summed E-state index contributed by atoms with van der Waals surface area (Å²) in [5.41, 5.74) is 0. The maximum absolute atomic E-state index is 12.1. The highest BCUT2D eigenvalue weighted by atomic mass is 31.2. The zero-order valence-corrected chi connectivity index (χ0v) is 15.2. The maximum atomic E-state index is 12.1. The maximum Gasteiger partial charge on any atom is 0.347 e. The molecule has 3 atom stereocenters. The van der Waals surface area contributed by atoms with Gasteiger partial charge in [0, 0.05) is 0 Å². The molecule has 6 N–H and O–H groups in total. The van der Waals surface area contributed by atoms with E-state index in [4.69, 9.17) is 9.79 Å². The van der Waals surface area contributed by atoms with Crippen molar-refractivity contribution in [2.24, 2.45) is 0 Å². The predicted octanol–water partition coefficient (Wildman–Crippen LogP) is -1.36. The Morgan fingerprint density at radius 3 is 2.08 bits per heavy atom. The van der Waals surface area contributed by atoms with Crippen LogP contribution in [0.25, 0.3) is 0 Å². The minimum absolute atomic E-state index is 0.0519. The number of likely N-dealkylation sites (N-methyl/N-ethyl adjacent to an activating group) is 1. The van der Waals surface area contributed by atoms with Gasteiger partial charge in [-0.15, -0.1) is 0 Å². The lowest BCUT2D eigenvalue weighted by molar-refractivity contribution is -0.131. The molecule has 0 aromatic rings. The molecule has 0 aliphatic heterocycles. The van der Waals surface area contributed by atoms with Crippen LogP contribution in [0.1, 0.15) is 33.6 Å². The Morgan fingerprint density at radius 1 is 1.04 bits per heavy atom. The van der Waals surface area contributed by atoms with E-state index in [1.807, 2.05) is 0 Å². The van der Waals surface area contributed by atoms with E-state index in [0.29, 0.717) is 12.8 Å². The van der Waals surface area contributed by atoms with Crippen LogP contribution >= 0.6 is 7.60 Å². The molecule has 24 heavy (non-hydrogen) atoms. The molecule has 0 bridgehead atoms. The lowest BCUT2D eigenvalue weighted by atomic mass is 10.1. The van der Waals surface area contributed by atoms with Gasteiger partial charge < -0.3 is 31.1 Å². The smallest absolute Gasteiger partial charge is 0.343 e. The van der Waals surface area contributed by atoms with Crippen molar-refractivity contribution in [2.45, 2.75) is 51.5 Å². The first-order valence-corrected chi connectivity index (χ1v) is 9.31. The molecule has 0 unspecified atom stereocenters. The summed E-state index contributed by atoms with van der Waals surface area (Å²) in [7, 11) is -2.87. The van der Waals surface area contributed by atoms with Crippen LogP contribution in [0.2, 0.25) is 0 Å². The van der Waals surface area contributed by atoms with Gasteiger partial charge in [0.2, 0.25) is 17.7 Å². The summed E-state index contributed by atoms with van der Waals surface area (Å²) in [4.78, 5) is 53.7. The average molecular weight is 366 g/mol. The summed E-state index contributed by atoms with van der Waals surface area (Å²) < 4.78 is 11.1. The van der Waals surface area contributed by atoms with Crippen molar-refractivity contribution in [1.29, 1.82) is 0 Å². The molecule has 0 radical (unpaired) electrons. The molecule has 0 aromatic heterocycles. The third-order valence-corrected chi connectivity index (χ3v) is 4.31. The third kappa shape index (κ3) is 8.39. The van der Waals surface area contributed by atoms with E-state index in [9.17, 15) is 18.9 Å². The van der Waals surface area contributed by atoms with Gasteiger partial charge in [-0.2, -0.15) is 0 Å². The van der Waals surface area contributed by atoms with Gasteiger partial charge in [-0.05, 0) is 27.3 Å².